The van der Waals surface area contributed by atoms with E-state index < -0.39 is 23.9 Å². The minimum absolute atomic E-state index is 0.352. The smallest absolute Gasteiger partial charge is 0.143 e. The Morgan fingerprint density at radius 1 is 1.09 bits per heavy atom. The first-order chi connectivity index (χ1) is 15.2. The standard InChI is InChI=1S/C25H31N3O4/c1-14-17-8-9-28(24(17)27-13-26-14)19-12-21(23(30)22(19)29)32-20-11-16(25(2,3)31)10-15-6-4-5-7-18(15)20/h8-11,13,19,21-23,29-31H,4-7,12H2,1-3H3/t19-,21+,22+,23-/m1/s1. The third-order valence-electron chi connectivity index (χ3n) is 7.07. The average molecular weight is 438 g/mol. The second-order valence-corrected chi connectivity index (χ2v) is 9.74. The Balaban J connectivity index is 1.47. The molecule has 0 spiro atoms. The maximum Gasteiger partial charge on any atom is 0.143 e. The van der Waals surface area contributed by atoms with Crippen molar-refractivity contribution in [2.24, 2.45) is 0 Å². The number of fused-ring (bicyclic) bond motifs is 2. The van der Waals surface area contributed by atoms with E-state index in [-0.39, 0.29) is 6.04 Å². The number of nitrogens with zero attached hydrogens (tertiary/aromatic N) is 3. The molecule has 2 aliphatic carbocycles. The van der Waals surface area contributed by atoms with Gasteiger partial charge in [-0.1, -0.05) is 6.07 Å². The fourth-order valence-electron chi connectivity index (χ4n) is 5.17. The number of rotatable bonds is 4. The Labute approximate surface area is 187 Å². The van der Waals surface area contributed by atoms with Gasteiger partial charge in [-0.25, -0.2) is 9.97 Å². The Hall–Kier alpha value is -2.48. The molecule has 2 aliphatic rings. The number of benzene rings is 1. The number of aliphatic hydroxyl groups excluding tert-OH is 2. The molecule has 1 saturated carbocycles. The molecule has 3 N–H and O–H groups in total. The maximum atomic E-state index is 10.9. The lowest BCUT2D eigenvalue weighted by atomic mass is 9.86. The van der Waals surface area contributed by atoms with Crippen LogP contribution in [-0.4, -0.2) is 48.2 Å². The summed E-state index contributed by atoms with van der Waals surface area (Å²) < 4.78 is 8.31. The summed E-state index contributed by atoms with van der Waals surface area (Å²) in [7, 11) is 0. The van der Waals surface area contributed by atoms with Gasteiger partial charge in [0, 0.05) is 18.0 Å². The second-order valence-electron chi connectivity index (χ2n) is 9.74. The highest BCUT2D eigenvalue weighted by molar-refractivity contribution is 5.78. The third-order valence-corrected chi connectivity index (χ3v) is 7.07. The van der Waals surface area contributed by atoms with E-state index >= 15 is 0 Å². The SMILES string of the molecule is Cc1ncnc2c1ccn2[C@@H]1C[C@H](Oc2cc(C(C)(C)O)cc3c2CCCC3)[C@@H](O)[C@H]1O. The zero-order valence-corrected chi connectivity index (χ0v) is 18.8. The molecule has 32 heavy (non-hydrogen) atoms. The molecule has 0 unspecified atom stereocenters. The molecular weight excluding hydrogens is 406 g/mol. The van der Waals surface area contributed by atoms with Gasteiger partial charge >= 0.3 is 0 Å². The highest BCUT2D eigenvalue weighted by Crippen LogP contribution is 2.40. The topological polar surface area (TPSA) is 101 Å². The van der Waals surface area contributed by atoms with Gasteiger partial charge in [-0.05, 0) is 75.3 Å². The van der Waals surface area contributed by atoms with Crippen molar-refractivity contribution in [3.05, 3.63) is 53.1 Å². The van der Waals surface area contributed by atoms with Crippen molar-refractivity contribution in [3.8, 4) is 5.75 Å². The molecule has 2 heterocycles. The van der Waals surface area contributed by atoms with Gasteiger partial charge in [0.15, 0.2) is 0 Å². The molecule has 5 rings (SSSR count). The molecule has 7 heteroatoms. The summed E-state index contributed by atoms with van der Waals surface area (Å²) in [6.45, 7) is 5.47. The summed E-state index contributed by atoms with van der Waals surface area (Å²) in [6, 6.07) is 5.58. The van der Waals surface area contributed by atoms with E-state index in [4.69, 9.17) is 4.74 Å². The molecule has 170 valence electrons. The van der Waals surface area contributed by atoms with E-state index in [0.29, 0.717) is 12.2 Å². The maximum absolute atomic E-state index is 10.9. The van der Waals surface area contributed by atoms with Crippen molar-refractivity contribution in [2.75, 3.05) is 0 Å². The second kappa shape index (κ2) is 7.83. The van der Waals surface area contributed by atoms with Crippen LogP contribution < -0.4 is 4.74 Å². The van der Waals surface area contributed by atoms with Crippen molar-refractivity contribution in [1.29, 1.82) is 0 Å². The molecular formula is C25H31N3O4. The van der Waals surface area contributed by atoms with Crippen molar-refractivity contribution in [1.82, 2.24) is 14.5 Å². The molecule has 0 aliphatic heterocycles. The van der Waals surface area contributed by atoms with Crippen molar-refractivity contribution < 1.29 is 20.1 Å². The predicted molar refractivity (Wildman–Crippen MR) is 121 cm³/mol. The van der Waals surface area contributed by atoms with Crippen LogP contribution in [0.2, 0.25) is 0 Å². The molecule has 2 aromatic heterocycles. The van der Waals surface area contributed by atoms with Gasteiger partial charge in [0.1, 0.15) is 36.0 Å². The number of aryl methyl sites for hydroxylation is 2. The number of hydrogen-bond acceptors (Lipinski definition) is 6. The minimum Gasteiger partial charge on any atom is -0.487 e. The predicted octanol–water partition coefficient (Wildman–Crippen LogP) is 2.96. The lowest BCUT2D eigenvalue weighted by Gasteiger charge is -2.27. The van der Waals surface area contributed by atoms with Crippen LogP contribution in [0.3, 0.4) is 0 Å². The molecule has 0 radical (unpaired) electrons. The summed E-state index contributed by atoms with van der Waals surface area (Å²) >= 11 is 0. The lowest BCUT2D eigenvalue weighted by Crippen LogP contribution is -2.34. The quantitative estimate of drug-likeness (QED) is 0.580. The van der Waals surface area contributed by atoms with Crippen LogP contribution in [0.25, 0.3) is 11.0 Å². The van der Waals surface area contributed by atoms with Crippen LogP contribution in [0.5, 0.6) is 5.75 Å². The highest BCUT2D eigenvalue weighted by Gasteiger charge is 2.44. The Morgan fingerprint density at radius 3 is 2.66 bits per heavy atom. The van der Waals surface area contributed by atoms with E-state index in [1.54, 1.807) is 13.8 Å². The molecule has 1 aromatic carbocycles. The lowest BCUT2D eigenvalue weighted by molar-refractivity contribution is -0.0167. The molecule has 0 amide bonds. The van der Waals surface area contributed by atoms with Gasteiger partial charge in [0.2, 0.25) is 0 Å². The van der Waals surface area contributed by atoms with Crippen LogP contribution in [0.4, 0.5) is 0 Å². The molecule has 4 atom stereocenters. The Kier molecular flexibility index (Phi) is 5.23. The monoisotopic (exact) mass is 437 g/mol. The first-order valence-electron chi connectivity index (χ1n) is 11.4. The Bertz CT molecular complexity index is 1150. The fraction of sp³-hybridized carbons (Fsp3) is 0.520. The summed E-state index contributed by atoms with van der Waals surface area (Å²) in [5.41, 5.74) is 3.81. The van der Waals surface area contributed by atoms with Gasteiger partial charge in [-0.15, -0.1) is 0 Å². The van der Waals surface area contributed by atoms with E-state index in [1.165, 1.54) is 11.9 Å². The van der Waals surface area contributed by atoms with Gasteiger partial charge in [-0.3, -0.25) is 0 Å². The van der Waals surface area contributed by atoms with E-state index in [9.17, 15) is 15.3 Å². The van der Waals surface area contributed by atoms with Crippen LogP contribution in [-0.2, 0) is 18.4 Å². The molecule has 0 bridgehead atoms. The van der Waals surface area contributed by atoms with Crippen LogP contribution in [0.15, 0.2) is 30.7 Å². The third kappa shape index (κ3) is 3.58. The Morgan fingerprint density at radius 2 is 1.88 bits per heavy atom. The number of aromatic nitrogens is 3. The normalized spacial score (nSPS) is 25.8. The molecule has 3 aromatic rings. The summed E-state index contributed by atoms with van der Waals surface area (Å²) in [4.78, 5) is 8.64. The van der Waals surface area contributed by atoms with Crippen LogP contribution in [0, 0.1) is 6.92 Å². The first-order valence-corrected chi connectivity index (χ1v) is 11.4. The van der Waals surface area contributed by atoms with Crippen LogP contribution in [0.1, 0.15) is 61.5 Å². The van der Waals surface area contributed by atoms with Gasteiger partial charge < -0.3 is 24.6 Å². The van der Waals surface area contributed by atoms with E-state index in [1.807, 2.05) is 29.8 Å². The largest absolute Gasteiger partial charge is 0.487 e. The summed E-state index contributed by atoms with van der Waals surface area (Å²) in [5, 5.41) is 33.3. The van der Waals surface area contributed by atoms with Crippen LogP contribution >= 0.6 is 0 Å². The average Bonchev–Trinajstić information content (AvgIpc) is 3.30. The fourth-order valence-corrected chi connectivity index (χ4v) is 5.17. The molecule has 1 fully saturated rings. The highest BCUT2D eigenvalue weighted by atomic mass is 16.5. The number of aliphatic hydroxyl groups is 3. The zero-order chi connectivity index (χ0) is 22.6. The van der Waals surface area contributed by atoms with Gasteiger partial charge in [0.25, 0.3) is 0 Å². The summed E-state index contributed by atoms with van der Waals surface area (Å²) in [5.74, 6) is 0.715. The molecule has 7 nitrogen and oxygen atoms in total. The van der Waals surface area contributed by atoms with Crippen molar-refractivity contribution >= 4 is 11.0 Å². The molecule has 0 saturated heterocycles. The van der Waals surface area contributed by atoms with Gasteiger partial charge in [-0.2, -0.15) is 0 Å². The minimum atomic E-state index is -1.02. The summed E-state index contributed by atoms with van der Waals surface area (Å²) in [6.07, 6.45) is 5.42. The van der Waals surface area contributed by atoms with E-state index in [0.717, 1.165) is 53.5 Å². The first kappa shape index (κ1) is 21.4. The van der Waals surface area contributed by atoms with E-state index in [2.05, 4.69) is 16.0 Å². The van der Waals surface area contributed by atoms with Gasteiger partial charge in [0.05, 0.1) is 17.3 Å². The number of hydrogen-bond donors (Lipinski definition) is 3. The number of ether oxygens (including phenoxy) is 1. The zero-order valence-electron chi connectivity index (χ0n) is 18.8. The van der Waals surface area contributed by atoms with Crippen molar-refractivity contribution in [2.45, 2.75) is 82.8 Å². The van der Waals surface area contributed by atoms with Crippen molar-refractivity contribution in [3.63, 3.8) is 0 Å².